The van der Waals surface area contributed by atoms with Gasteiger partial charge >= 0.3 is 0 Å². The molecular weight excluding hydrogens is 440 g/mol. The maximum absolute atomic E-state index is 13.8. The van der Waals surface area contributed by atoms with Crippen LogP contribution in [0, 0.1) is 19.8 Å². The largest absolute Gasteiger partial charge is 0.494 e. The zero-order chi connectivity index (χ0) is 24.7. The van der Waals surface area contributed by atoms with Crippen molar-refractivity contribution in [2.24, 2.45) is 5.92 Å². The maximum Gasteiger partial charge on any atom is 0.296 e. The fourth-order valence-electron chi connectivity index (χ4n) is 4.43. The number of ether oxygens (including phenoxy) is 1. The molecular formula is C29H28N2O4. The molecule has 0 bridgehead atoms. The molecule has 178 valence electrons. The van der Waals surface area contributed by atoms with Gasteiger partial charge in [-0.2, -0.15) is 0 Å². The molecule has 35 heavy (non-hydrogen) atoms. The Kier molecular flexibility index (Phi) is 5.89. The van der Waals surface area contributed by atoms with Gasteiger partial charge in [-0.05, 0) is 67.6 Å². The second kappa shape index (κ2) is 9.02. The summed E-state index contributed by atoms with van der Waals surface area (Å²) >= 11 is 0. The third-order valence-electron chi connectivity index (χ3n) is 6.31. The highest BCUT2D eigenvalue weighted by atomic mass is 16.5. The summed E-state index contributed by atoms with van der Waals surface area (Å²) in [5.74, 6) is 1.36. The van der Waals surface area contributed by atoms with Crippen LogP contribution in [0.15, 0.2) is 70.0 Å². The highest BCUT2D eigenvalue weighted by Gasteiger charge is 2.44. The van der Waals surface area contributed by atoms with E-state index in [1.165, 1.54) is 0 Å². The fraction of sp³-hybridized carbons (Fsp3) is 0.276. The Bertz CT molecular complexity index is 1470. The molecule has 1 amide bonds. The molecule has 0 N–H and O–H groups in total. The smallest absolute Gasteiger partial charge is 0.296 e. The average molecular weight is 469 g/mol. The number of anilines is 1. The molecule has 1 unspecified atom stereocenters. The number of carbonyl (C=O) groups excluding carboxylic acids is 1. The van der Waals surface area contributed by atoms with Crippen LogP contribution < -0.4 is 15.1 Å². The molecule has 0 saturated carbocycles. The minimum Gasteiger partial charge on any atom is -0.494 e. The molecule has 4 aromatic rings. The van der Waals surface area contributed by atoms with E-state index in [9.17, 15) is 9.59 Å². The lowest BCUT2D eigenvalue weighted by molar-refractivity contribution is 0.0970. The molecule has 3 heterocycles. The summed E-state index contributed by atoms with van der Waals surface area (Å²) in [6.45, 7) is 8.76. The minimum absolute atomic E-state index is 0.0601. The number of benzene rings is 2. The van der Waals surface area contributed by atoms with E-state index in [2.05, 4.69) is 18.8 Å². The Labute approximate surface area is 204 Å². The van der Waals surface area contributed by atoms with Crippen LogP contribution in [0.3, 0.4) is 0 Å². The quantitative estimate of drug-likeness (QED) is 0.348. The number of aromatic nitrogens is 1. The lowest BCUT2D eigenvalue weighted by atomic mass is 9.98. The van der Waals surface area contributed by atoms with E-state index in [-0.39, 0.29) is 17.1 Å². The number of amides is 1. The first-order valence-corrected chi connectivity index (χ1v) is 11.9. The van der Waals surface area contributed by atoms with Crippen molar-refractivity contribution in [3.05, 3.63) is 99.0 Å². The highest BCUT2D eigenvalue weighted by molar-refractivity contribution is 6.10. The number of hydrogen-bond acceptors (Lipinski definition) is 5. The number of nitrogens with zero attached hydrogens (tertiary/aromatic N) is 2. The molecule has 6 heteroatoms. The number of fused-ring (bicyclic) bond motifs is 2. The molecule has 0 fully saturated rings. The second-order valence-electron chi connectivity index (χ2n) is 9.55. The van der Waals surface area contributed by atoms with Crippen molar-refractivity contribution < 1.29 is 13.9 Å². The first-order chi connectivity index (χ1) is 16.8. The molecule has 1 aliphatic heterocycles. The number of pyridine rings is 1. The van der Waals surface area contributed by atoms with E-state index in [0.29, 0.717) is 40.6 Å². The number of hydrogen-bond donors (Lipinski definition) is 0. The van der Waals surface area contributed by atoms with Gasteiger partial charge in [-0.1, -0.05) is 43.7 Å². The van der Waals surface area contributed by atoms with Gasteiger partial charge in [0.05, 0.1) is 23.6 Å². The number of carbonyl (C=O) groups is 1. The first-order valence-electron chi connectivity index (χ1n) is 11.9. The maximum atomic E-state index is 13.8. The Hall–Kier alpha value is -3.93. The molecule has 0 saturated heterocycles. The summed E-state index contributed by atoms with van der Waals surface area (Å²) < 4.78 is 12.0. The molecule has 2 aromatic heterocycles. The van der Waals surface area contributed by atoms with Crippen molar-refractivity contribution in [1.29, 1.82) is 0 Å². The van der Waals surface area contributed by atoms with Crippen molar-refractivity contribution in [2.45, 2.75) is 40.2 Å². The van der Waals surface area contributed by atoms with Crippen molar-refractivity contribution in [2.75, 3.05) is 11.5 Å². The Morgan fingerprint density at radius 2 is 1.83 bits per heavy atom. The van der Waals surface area contributed by atoms with Gasteiger partial charge in [0.15, 0.2) is 5.43 Å². The predicted molar refractivity (Wildman–Crippen MR) is 136 cm³/mol. The standard InChI is InChI=1S/C29H28N2O4/c1-17(2)12-13-34-21-7-5-6-20(15-21)26-25-27(32)22-14-18(3)8-10-23(22)35-28(25)29(33)31(26)24-11-9-19(4)16-30-24/h5-11,14-17,26H,12-13H2,1-4H3. The molecule has 0 spiro atoms. The van der Waals surface area contributed by atoms with E-state index in [0.717, 1.165) is 23.1 Å². The zero-order valence-corrected chi connectivity index (χ0v) is 20.4. The summed E-state index contributed by atoms with van der Waals surface area (Å²) in [6, 6.07) is 16.0. The summed E-state index contributed by atoms with van der Waals surface area (Å²) in [5, 5.41) is 0.463. The van der Waals surface area contributed by atoms with Crippen molar-refractivity contribution in [1.82, 2.24) is 4.98 Å². The van der Waals surface area contributed by atoms with Gasteiger partial charge in [0, 0.05) is 6.20 Å². The summed E-state index contributed by atoms with van der Waals surface area (Å²) in [5.41, 5.74) is 3.21. The van der Waals surface area contributed by atoms with Crippen LogP contribution in [0.4, 0.5) is 5.82 Å². The summed E-state index contributed by atoms with van der Waals surface area (Å²) in [6.07, 6.45) is 2.65. The topological polar surface area (TPSA) is 72.6 Å². The second-order valence-corrected chi connectivity index (χ2v) is 9.55. The molecule has 2 aromatic carbocycles. The van der Waals surface area contributed by atoms with Crippen LogP contribution in [0.25, 0.3) is 11.0 Å². The van der Waals surface area contributed by atoms with Crippen molar-refractivity contribution in [3.63, 3.8) is 0 Å². The van der Waals surface area contributed by atoms with Crippen LogP contribution >= 0.6 is 0 Å². The summed E-state index contributed by atoms with van der Waals surface area (Å²) in [4.78, 5) is 33.5. The average Bonchev–Trinajstić information content (AvgIpc) is 3.13. The molecule has 0 radical (unpaired) electrons. The van der Waals surface area contributed by atoms with Gasteiger partial charge in [0.2, 0.25) is 5.76 Å². The fourth-order valence-corrected chi connectivity index (χ4v) is 4.43. The van der Waals surface area contributed by atoms with E-state index in [1.807, 2.05) is 50.2 Å². The SMILES string of the molecule is Cc1ccc(N2C(=O)c3oc4ccc(C)cc4c(=O)c3C2c2cccc(OCCC(C)C)c2)nc1. The number of aryl methyl sites for hydroxylation is 2. The molecule has 0 aliphatic carbocycles. The lowest BCUT2D eigenvalue weighted by Crippen LogP contribution is -2.30. The third-order valence-corrected chi connectivity index (χ3v) is 6.31. The van der Waals surface area contributed by atoms with Crippen LogP contribution in [0.5, 0.6) is 5.75 Å². The summed E-state index contributed by atoms with van der Waals surface area (Å²) in [7, 11) is 0. The zero-order valence-electron chi connectivity index (χ0n) is 20.4. The van der Waals surface area contributed by atoms with Gasteiger partial charge in [-0.25, -0.2) is 4.98 Å². The van der Waals surface area contributed by atoms with E-state index in [4.69, 9.17) is 9.15 Å². The van der Waals surface area contributed by atoms with Crippen LogP contribution in [-0.2, 0) is 0 Å². The number of rotatable bonds is 6. The van der Waals surface area contributed by atoms with E-state index < -0.39 is 6.04 Å². The Morgan fingerprint density at radius 3 is 2.57 bits per heavy atom. The molecule has 5 rings (SSSR count). The van der Waals surface area contributed by atoms with E-state index >= 15 is 0 Å². The lowest BCUT2D eigenvalue weighted by Gasteiger charge is -2.24. The minimum atomic E-state index is -0.678. The van der Waals surface area contributed by atoms with Gasteiger partial charge in [-0.3, -0.25) is 14.5 Å². The van der Waals surface area contributed by atoms with Crippen LogP contribution in [-0.4, -0.2) is 17.5 Å². The van der Waals surface area contributed by atoms with Gasteiger partial charge < -0.3 is 9.15 Å². The van der Waals surface area contributed by atoms with E-state index in [1.54, 1.807) is 29.3 Å². The van der Waals surface area contributed by atoms with Crippen LogP contribution in [0.1, 0.15) is 59.1 Å². The van der Waals surface area contributed by atoms with Crippen molar-refractivity contribution >= 4 is 22.7 Å². The van der Waals surface area contributed by atoms with Crippen molar-refractivity contribution in [3.8, 4) is 5.75 Å². The first kappa shape index (κ1) is 22.8. The third kappa shape index (κ3) is 4.20. The monoisotopic (exact) mass is 468 g/mol. The Balaban J connectivity index is 1.68. The normalized spacial score (nSPS) is 15.2. The highest BCUT2D eigenvalue weighted by Crippen LogP contribution is 2.41. The van der Waals surface area contributed by atoms with Gasteiger partial charge in [0.25, 0.3) is 5.91 Å². The molecule has 1 atom stereocenters. The van der Waals surface area contributed by atoms with Gasteiger partial charge in [0.1, 0.15) is 17.2 Å². The van der Waals surface area contributed by atoms with Crippen LogP contribution in [0.2, 0.25) is 0 Å². The predicted octanol–water partition coefficient (Wildman–Crippen LogP) is 5.98. The molecule has 1 aliphatic rings. The van der Waals surface area contributed by atoms with Gasteiger partial charge in [-0.15, -0.1) is 0 Å². The molecule has 6 nitrogen and oxygen atoms in total. The Morgan fingerprint density at radius 1 is 1.03 bits per heavy atom.